The van der Waals surface area contributed by atoms with Gasteiger partial charge in [-0.05, 0) is 57.9 Å². The third-order valence-corrected chi connectivity index (χ3v) is 10.4. The van der Waals surface area contributed by atoms with Crippen LogP contribution in [0.5, 0.6) is 0 Å². The van der Waals surface area contributed by atoms with Crippen molar-refractivity contribution < 1.29 is 19.2 Å². The number of benzene rings is 4. The minimum Gasteiger partial charge on any atom is -0.314 e. The van der Waals surface area contributed by atoms with Crippen molar-refractivity contribution in [1.29, 1.82) is 0 Å². The quantitative estimate of drug-likeness (QED) is 0.164. The van der Waals surface area contributed by atoms with E-state index in [0.29, 0.717) is 48.4 Å². The van der Waals surface area contributed by atoms with Gasteiger partial charge < -0.3 is 10.6 Å². The van der Waals surface area contributed by atoms with Gasteiger partial charge in [0.2, 0.25) is 0 Å². The average molecular weight is 619 g/mol. The van der Waals surface area contributed by atoms with Crippen molar-refractivity contribution in [2.45, 2.75) is 0 Å². The van der Waals surface area contributed by atoms with Crippen molar-refractivity contribution in [3.05, 3.63) is 93.7 Å². The Morgan fingerprint density at radius 1 is 0.500 bits per heavy atom. The number of amides is 4. The Balaban J connectivity index is 0.846. The van der Waals surface area contributed by atoms with Crippen LogP contribution >= 0.6 is 22.7 Å². The van der Waals surface area contributed by atoms with Gasteiger partial charge in [-0.25, -0.2) is 0 Å². The van der Waals surface area contributed by atoms with Crippen molar-refractivity contribution in [1.82, 2.24) is 20.4 Å². The summed E-state index contributed by atoms with van der Waals surface area (Å²) in [6, 6.07) is 19.5. The molecule has 0 aliphatic carbocycles. The topological polar surface area (TPSA) is 98.8 Å². The summed E-state index contributed by atoms with van der Waals surface area (Å²) in [4.78, 5) is 55.7. The molecule has 8 nitrogen and oxygen atoms in total. The molecular weight excluding hydrogens is 593 g/mol. The smallest absolute Gasteiger partial charge is 0.262 e. The third kappa shape index (κ3) is 4.10. The summed E-state index contributed by atoms with van der Waals surface area (Å²) in [7, 11) is 0. The summed E-state index contributed by atoms with van der Waals surface area (Å²) >= 11 is 3.24. The monoisotopic (exact) mass is 618 g/mol. The minimum atomic E-state index is -0.257. The van der Waals surface area contributed by atoms with Gasteiger partial charge in [-0.1, -0.05) is 24.3 Å². The van der Waals surface area contributed by atoms with E-state index in [0.717, 1.165) is 41.7 Å². The van der Waals surface area contributed by atoms with Crippen molar-refractivity contribution in [2.24, 2.45) is 0 Å². The van der Waals surface area contributed by atoms with E-state index < -0.39 is 0 Å². The van der Waals surface area contributed by atoms with Gasteiger partial charge >= 0.3 is 0 Å². The summed E-state index contributed by atoms with van der Waals surface area (Å²) < 4.78 is 2.19. The third-order valence-electron chi connectivity index (χ3n) is 8.60. The Labute approximate surface area is 259 Å². The summed E-state index contributed by atoms with van der Waals surface area (Å²) in [5.74, 6) is -1.01. The number of thiophene rings is 2. The van der Waals surface area contributed by atoms with E-state index in [4.69, 9.17) is 0 Å². The lowest BCUT2D eigenvalue weighted by Crippen LogP contribution is -2.40. The van der Waals surface area contributed by atoms with E-state index in [9.17, 15) is 19.2 Å². The maximum absolute atomic E-state index is 13.4. The lowest BCUT2D eigenvalue weighted by Gasteiger charge is -2.16. The van der Waals surface area contributed by atoms with Crippen LogP contribution in [0.1, 0.15) is 41.4 Å². The molecule has 0 spiro atoms. The van der Waals surface area contributed by atoms with Crippen LogP contribution in [-0.4, -0.2) is 72.7 Å². The molecule has 0 bridgehead atoms. The van der Waals surface area contributed by atoms with Gasteiger partial charge in [-0.15, -0.1) is 22.7 Å². The van der Waals surface area contributed by atoms with Crippen LogP contribution in [0, 0.1) is 0 Å². The molecule has 4 aromatic carbocycles. The number of imide groups is 2. The molecule has 0 unspecified atom stereocenters. The molecule has 0 fully saturated rings. The molecule has 10 heteroatoms. The fourth-order valence-electron chi connectivity index (χ4n) is 6.50. The van der Waals surface area contributed by atoms with Gasteiger partial charge in [-0.3, -0.25) is 29.0 Å². The Kier molecular flexibility index (Phi) is 6.53. The van der Waals surface area contributed by atoms with Gasteiger partial charge in [-0.2, -0.15) is 0 Å². The van der Waals surface area contributed by atoms with Crippen LogP contribution in [0.4, 0.5) is 0 Å². The molecule has 8 rings (SSSR count). The fraction of sp³-hybridized carbons (Fsp3) is 0.176. The lowest BCUT2D eigenvalue weighted by molar-refractivity contribution is 0.0639. The molecule has 2 N–H and O–H groups in total. The van der Waals surface area contributed by atoms with E-state index in [1.807, 2.05) is 47.2 Å². The van der Waals surface area contributed by atoms with Crippen LogP contribution in [0.2, 0.25) is 0 Å². The highest BCUT2D eigenvalue weighted by atomic mass is 32.1. The van der Waals surface area contributed by atoms with Crippen molar-refractivity contribution in [3.63, 3.8) is 0 Å². The predicted octanol–water partition coefficient (Wildman–Crippen LogP) is 5.49. The zero-order valence-corrected chi connectivity index (χ0v) is 25.1. The number of fused-ring (bicyclic) bond motifs is 10. The fourth-order valence-corrected chi connectivity index (χ4v) is 8.09. The highest BCUT2D eigenvalue weighted by Gasteiger charge is 2.38. The van der Waals surface area contributed by atoms with Crippen molar-refractivity contribution in [2.75, 3.05) is 39.3 Å². The zero-order chi connectivity index (χ0) is 29.9. The van der Waals surface area contributed by atoms with Crippen LogP contribution in [0.15, 0.2) is 71.4 Å². The van der Waals surface area contributed by atoms with Crippen molar-refractivity contribution in [3.8, 4) is 0 Å². The molecule has 0 radical (unpaired) electrons. The normalized spacial score (nSPS) is 14.7. The minimum absolute atomic E-state index is 0.248. The molecule has 2 aliphatic rings. The lowest BCUT2D eigenvalue weighted by atomic mass is 9.98. The summed E-state index contributed by atoms with van der Waals surface area (Å²) in [6.07, 6.45) is 0. The molecule has 0 saturated carbocycles. The number of hydrogen-bond donors (Lipinski definition) is 2. The number of nitrogens with zero attached hydrogens (tertiary/aromatic N) is 2. The van der Waals surface area contributed by atoms with E-state index in [1.165, 1.54) is 9.80 Å². The Hall–Kier alpha value is -4.48. The number of rotatable bonds is 9. The second kappa shape index (κ2) is 10.6. The first-order valence-electron chi connectivity index (χ1n) is 14.5. The summed E-state index contributed by atoms with van der Waals surface area (Å²) in [5, 5.41) is 16.2. The maximum atomic E-state index is 13.4. The van der Waals surface area contributed by atoms with Gasteiger partial charge in [0.25, 0.3) is 23.6 Å². The van der Waals surface area contributed by atoms with Gasteiger partial charge in [0, 0.05) is 70.2 Å². The standard InChI is InChI=1S/C34H26N4O4S2/c39-31-23-5-1-19-3-7-25-21(9-17-43-25)27(19)29(23)33(41)37(31)15-13-35-11-12-36-14-16-38-32(40)24-6-2-20-4-8-26-22(10-18-44-26)28(20)30(24)34(38)42/h1-10,17-18,35-36H,11-16H2. The van der Waals surface area contributed by atoms with Gasteiger partial charge in [0.15, 0.2) is 0 Å². The first-order valence-corrected chi connectivity index (χ1v) is 16.3. The Morgan fingerprint density at radius 2 is 0.932 bits per heavy atom. The highest BCUT2D eigenvalue weighted by molar-refractivity contribution is 7.17. The molecule has 218 valence electrons. The molecule has 4 heterocycles. The van der Waals surface area contributed by atoms with Crippen LogP contribution < -0.4 is 10.6 Å². The van der Waals surface area contributed by atoms with E-state index in [-0.39, 0.29) is 36.7 Å². The largest absolute Gasteiger partial charge is 0.314 e. The molecule has 44 heavy (non-hydrogen) atoms. The van der Waals surface area contributed by atoms with E-state index in [2.05, 4.69) is 22.8 Å². The number of nitrogens with one attached hydrogen (secondary N) is 2. The van der Waals surface area contributed by atoms with Gasteiger partial charge in [0.05, 0.1) is 22.3 Å². The summed E-state index contributed by atoms with van der Waals surface area (Å²) in [5.41, 5.74) is 1.92. The van der Waals surface area contributed by atoms with Gasteiger partial charge in [0.1, 0.15) is 0 Å². The number of carbonyl (C=O) groups is 4. The maximum Gasteiger partial charge on any atom is 0.262 e. The van der Waals surface area contributed by atoms with Crippen LogP contribution in [-0.2, 0) is 0 Å². The first kappa shape index (κ1) is 27.1. The van der Waals surface area contributed by atoms with E-state index >= 15 is 0 Å². The highest BCUT2D eigenvalue weighted by Crippen LogP contribution is 2.38. The molecular formula is C34H26N4O4S2. The molecule has 6 aromatic rings. The second-order valence-corrected chi connectivity index (χ2v) is 12.9. The average Bonchev–Trinajstić information content (AvgIpc) is 3.81. The van der Waals surface area contributed by atoms with Crippen molar-refractivity contribution >= 4 is 88.0 Å². The van der Waals surface area contributed by atoms with E-state index in [1.54, 1.807) is 34.8 Å². The number of hydrogen-bond acceptors (Lipinski definition) is 8. The Bertz CT molecular complexity index is 2040. The second-order valence-electron chi connectivity index (χ2n) is 11.0. The molecule has 4 amide bonds. The molecule has 0 saturated heterocycles. The summed E-state index contributed by atoms with van der Waals surface area (Å²) in [6.45, 7) is 2.67. The Morgan fingerprint density at radius 3 is 1.39 bits per heavy atom. The number of carbonyl (C=O) groups excluding carboxylic acids is 4. The molecule has 0 atom stereocenters. The molecule has 2 aromatic heterocycles. The molecule has 2 aliphatic heterocycles. The SMILES string of the molecule is O=C1c2ccc3ccc4sccc4c3c2C(=O)N1CCNCCNCCN1C(=O)c2ccc3ccc4sccc4c3c2C1=O. The van der Waals surface area contributed by atoms with Crippen LogP contribution in [0.25, 0.3) is 41.7 Å². The van der Waals surface area contributed by atoms with Crippen LogP contribution in [0.3, 0.4) is 0 Å². The predicted molar refractivity (Wildman–Crippen MR) is 175 cm³/mol. The first-order chi connectivity index (χ1) is 21.5. The zero-order valence-electron chi connectivity index (χ0n) is 23.5.